The molecule has 0 aromatic rings. The maximum absolute atomic E-state index is 5.64. The van der Waals surface area contributed by atoms with E-state index in [1.165, 1.54) is 32.1 Å². The van der Waals surface area contributed by atoms with Crippen molar-refractivity contribution in [1.82, 2.24) is 0 Å². The molecule has 11 heavy (non-hydrogen) atoms. The van der Waals surface area contributed by atoms with Crippen molar-refractivity contribution in [3.8, 4) is 0 Å². The Morgan fingerprint density at radius 3 is 2.45 bits per heavy atom. The summed E-state index contributed by atoms with van der Waals surface area (Å²) in [5.41, 5.74) is 6.22. The van der Waals surface area contributed by atoms with E-state index in [9.17, 15) is 0 Å². The zero-order valence-electron chi connectivity index (χ0n) is 6.97. The highest BCUT2D eigenvalue weighted by atomic mass is 14.9. The summed E-state index contributed by atoms with van der Waals surface area (Å²) in [6, 6.07) is 0. The SMILES string of the molecule is NC1=NCC2(CCCC2)CC1. The Morgan fingerprint density at radius 2 is 1.91 bits per heavy atom. The minimum atomic E-state index is 0.586. The number of hydrogen-bond donors (Lipinski definition) is 1. The summed E-state index contributed by atoms with van der Waals surface area (Å²) in [5.74, 6) is 0.877. The molecule has 0 aromatic carbocycles. The molecule has 0 atom stereocenters. The molecule has 0 aromatic heterocycles. The molecule has 2 aliphatic rings. The van der Waals surface area contributed by atoms with E-state index in [2.05, 4.69) is 4.99 Å². The predicted octanol–water partition coefficient (Wildman–Crippen LogP) is 1.70. The highest BCUT2D eigenvalue weighted by Crippen LogP contribution is 2.43. The number of nitrogens with two attached hydrogens (primary N) is 1. The summed E-state index contributed by atoms with van der Waals surface area (Å²) in [6.07, 6.45) is 7.95. The topological polar surface area (TPSA) is 38.4 Å². The van der Waals surface area contributed by atoms with Crippen LogP contribution >= 0.6 is 0 Å². The number of aliphatic imine (C=N–C) groups is 1. The predicted molar refractivity (Wildman–Crippen MR) is 46.6 cm³/mol. The first-order valence-corrected chi connectivity index (χ1v) is 4.60. The standard InChI is InChI=1S/C9H16N2/c10-8-3-6-9(7-11-8)4-1-2-5-9/h1-7H2,(H2,10,11). The molecule has 0 saturated heterocycles. The van der Waals surface area contributed by atoms with Gasteiger partial charge in [0.1, 0.15) is 0 Å². The van der Waals surface area contributed by atoms with E-state index in [0.717, 1.165) is 18.8 Å². The number of amidine groups is 1. The van der Waals surface area contributed by atoms with Crippen LogP contribution in [0.25, 0.3) is 0 Å². The van der Waals surface area contributed by atoms with E-state index < -0.39 is 0 Å². The molecule has 2 nitrogen and oxygen atoms in total. The Labute approximate surface area is 67.9 Å². The second kappa shape index (κ2) is 2.50. The van der Waals surface area contributed by atoms with Gasteiger partial charge in [-0.1, -0.05) is 12.8 Å². The number of rotatable bonds is 0. The van der Waals surface area contributed by atoms with Crippen LogP contribution in [0.3, 0.4) is 0 Å². The highest BCUT2D eigenvalue weighted by molar-refractivity contribution is 5.80. The fraction of sp³-hybridized carbons (Fsp3) is 0.889. The maximum atomic E-state index is 5.64. The van der Waals surface area contributed by atoms with E-state index in [4.69, 9.17) is 5.73 Å². The van der Waals surface area contributed by atoms with Crippen molar-refractivity contribution in [3.63, 3.8) is 0 Å². The first-order chi connectivity index (χ1) is 5.31. The molecule has 2 heteroatoms. The van der Waals surface area contributed by atoms with Crippen LogP contribution in [0.4, 0.5) is 0 Å². The first kappa shape index (κ1) is 7.14. The molecule has 0 amide bonds. The lowest BCUT2D eigenvalue weighted by Gasteiger charge is -2.30. The van der Waals surface area contributed by atoms with Crippen LogP contribution in [0.2, 0.25) is 0 Å². The molecule has 2 N–H and O–H groups in total. The third-order valence-electron chi connectivity index (χ3n) is 3.19. The van der Waals surface area contributed by atoms with Gasteiger partial charge < -0.3 is 5.73 Å². The fourth-order valence-electron chi connectivity index (χ4n) is 2.35. The van der Waals surface area contributed by atoms with Crippen molar-refractivity contribution in [2.75, 3.05) is 6.54 Å². The van der Waals surface area contributed by atoms with Crippen molar-refractivity contribution in [2.45, 2.75) is 38.5 Å². The van der Waals surface area contributed by atoms with Crippen LogP contribution in [0.15, 0.2) is 4.99 Å². The second-order valence-corrected chi connectivity index (χ2v) is 4.01. The molecule has 2 rings (SSSR count). The van der Waals surface area contributed by atoms with Gasteiger partial charge in [-0.05, 0) is 24.7 Å². The molecular weight excluding hydrogens is 136 g/mol. The lowest BCUT2D eigenvalue weighted by molar-refractivity contribution is 0.279. The van der Waals surface area contributed by atoms with Gasteiger partial charge >= 0.3 is 0 Å². The first-order valence-electron chi connectivity index (χ1n) is 4.60. The van der Waals surface area contributed by atoms with E-state index in [1.54, 1.807) is 0 Å². The lowest BCUT2D eigenvalue weighted by Crippen LogP contribution is -2.29. The third kappa shape index (κ3) is 1.26. The van der Waals surface area contributed by atoms with E-state index in [-0.39, 0.29) is 0 Å². The van der Waals surface area contributed by atoms with Crippen molar-refractivity contribution in [2.24, 2.45) is 16.1 Å². The smallest absolute Gasteiger partial charge is 0.0937 e. The molecule has 0 bridgehead atoms. The molecular formula is C9H16N2. The number of nitrogens with zero attached hydrogens (tertiary/aromatic N) is 1. The Balaban J connectivity index is 2.06. The van der Waals surface area contributed by atoms with Gasteiger partial charge in [-0.15, -0.1) is 0 Å². The monoisotopic (exact) mass is 152 g/mol. The second-order valence-electron chi connectivity index (χ2n) is 4.01. The van der Waals surface area contributed by atoms with Gasteiger partial charge in [0.2, 0.25) is 0 Å². The zero-order valence-corrected chi connectivity index (χ0v) is 6.97. The fourth-order valence-corrected chi connectivity index (χ4v) is 2.35. The van der Waals surface area contributed by atoms with Crippen molar-refractivity contribution in [1.29, 1.82) is 0 Å². The van der Waals surface area contributed by atoms with Gasteiger partial charge in [-0.3, -0.25) is 4.99 Å². The van der Waals surface area contributed by atoms with Crippen LogP contribution in [0.1, 0.15) is 38.5 Å². The number of hydrogen-bond acceptors (Lipinski definition) is 2. The Morgan fingerprint density at radius 1 is 1.18 bits per heavy atom. The average Bonchev–Trinajstić information content (AvgIpc) is 2.45. The van der Waals surface area contributed by atoms with E-state index in [1.807, 2.05) is 0 Å². The molecule has 1 fully saturated rings. The molecule has 1 aliphatic heterocycles. The zero-order chi connectivity index (χ0) is 7.73. The Bertz CT molecular complexity index is 178. The van der Waals surface area contributed by atoms with Gasteiger partial charge in [0.15, 0.2) is 0 Å². The van der Waals surface area contributed by atoms with Gasteiger partial charge in [0.05, 0.1) is 5.84 Å². The average molecular weight is 152 g/mol. The largest absolute Gasteiger partial charge is 0.387 e. The molecule has 1 spiro atoms. The lowest BCUT2D eigenvalue weighted by atomic mass is 9.80. The van der Waals surface area contributed by atoms with Gasteiger partial charge in [-0.25, -0.2) is 0 Å². The Hall–Kier alpha value is -0.530. The summed E-state index contributed by atoms with van der Waals surface area (Å²) in [6.45, 7) is 1.01. The van der Waals surface area contributed by atoms with E-state index >= 15 is 0 Å². The molecule has 1 heterocycles. The van der Waals surface area contributed by atoms with E-state index in [0.29, 0.717) is 5.41 Å². The molecule has 1 saturated carbocycles. The Kier molecular flexibility index (Phi) is 1.63. The highest BCUT2D eigenvalue weighted by Gasteiger charge is 2.35. The summed E-state index contributed by atoms with van der Waals surface area (Å²) >= 11 is 0. The summed E-state index contributed by atoms with van der Waals surface area (Å²) in [4.78, 5) is 4.36. The van der Waals surface area contributed by atoms with Crippen LogP contribution < -0.4 is 5.73 Å². The summed E-state index contributed by atoms with van der Waals surface area (Å²) in [5, 5.41) is 0. The quantitative estimate of drug-likeness (QED) is 0.563. The third-order valence-corrected chi connectivity index (χ3v) is 3.19. The van der Waals surface area contributed by atoms with Crippen LogP contribution in [0, 0.1) is 5.41 Å². The van der Waals surface area contributed by atoms with Gasteiger partial charge in [-0.2, -0.15) is 0 Å². The summed E-state index contributed by atoms with van der Waals surface area (Å²) < 4.78 is 0. The van der Waals surface area contributed by atoms with Crippen molar-refractivity contribution in [3.05, 3.63) is 0 Å². The van der Waals surface area contributed by atoms with Gasteiger partial charge in [0, 0.05) is 13.0 Å². The van der Waals surface area contributed by atoms with Gasteiger partial charge in [0.25, 0.3) is 0 Å². The molecule has 1 aliphatic carbocycles. The molecule has 62 valence electrons. The maximum Gasteiger partial charge on any atom is 0.0937 e. The van der Waals surface area contributed by atoms with Crippen LogP contribution in [-0.4, -0.2) is 12.4 Å². The molecule has 0 radical (unpaired) electrons. The minimum Gasteiger partial charge on any atom is -0.387 e. The van der Waals surface area contributed by atoms with Crippen LogP contribution in [0.5, 0.6) is 0 Å². The van der Waals surface area contributed by atoms with Crippen molar-refractivity contribution < 1.29 is 0 Å². The van der Waals surface area contributed by atoms with Crippen LogP contribution in [-0.2, 0) is 0 Å². The summed E-state index contributed by atoms with van der Waals surface area (Å²) in [7, 11) is 0. The normalized spacial score (nSPS) is 28.9. The van der Waals surface area contributed by atoms with Crippen molar-refractivity contribution >= 4 is 5.84 Å². The minimum absolute atomic E-state index is 0.586. The molecule has 0 unspecified atom stereocenters.